The van der Waals surface area contributed by atoms with Crippen LogP contribution in [0.2, 0.25) is 0 Å². The predicted octanol–water partition coefficient (Wildman–Crippen LogP) is 1.75. The minimum Gasteiger partial charge on any atom is -0.499 e. The first kappa shape index (κ1) is 18.4. The van der Waals surface area contributed by atoms with Crippen LogP contribution >= 0.6 is 0 Å². The second kappa shape index (κ2) is 11.0. The van der Waals surface area contributed by atoms with E-state index in [4.69, 9.17) is 9.47 Å². The van der Waals surface area contributed by atoms with Crippen LogP contribution in [0.1, 0.15) is 51.9 Å². The molecule has 5 heteroatoms. The van der Waals surface area contributed by atoms with Crippen LogP contribution in [0.15, 0.2) is 12.3 Å². The Morgan fingerprint density at radius 2 is 1.90 bits per heavy atom. The number of hydrogen-bond donors (Lipinski definition) is 3. The highest BCUT2D eigenvalue weighted by Crippen LogP contribution is 2.17. The van der Waals surface area contributed by atoms with E-state index in [0.29, 0.717) is 0 Å². The van der Waals surface area contributed by atoms with E-state index >= 15 is 0 Å². The van der Waals surface area contributed by atoms with Gasteiger partial charge in [-0.3, -0.25) is 0 Å². The van der Waals surface area contributed by atoms with Gasteiger partial charge in [0.2, 0.25) is 0 Å². The third-order valence-electron chi connectivity index (χ3n) is 3.75. The number of aliphatic hydroxyl groups is 3. The molecule has 0 aromatic carbocycles. The molecule has 0 aromatic heterocycles. The van der Waals surface area contributed by atoms with Crippen molar-refractivity contribution in [2.24, 2.45) is 0 Å². The van der Waals surface area contributed by atoms with Crippen molar-refractivity contribution in [1.82, 2.24) is 0 Å². The molecule has 0 aliphatic carbocycles. The number of allylic oxidation sites excluding steroid dienone is 1. The van der Waals surface area contributed by atoms with Crippen molar-refractivity contribution in [2.75, 3.05) is 13.2 Å². The van der Waals surface area contributed by atoms with E-state index in [1.807, 2.05) is 6.08 Å². The topological polar surface area (TPSA) is 79.2 Å². The summed E-state index contributed by atoms with van der Waals surface area (Å²) in [6, 6.07) is 0. The predicted molar refractivity (Wildman–Crippen MR) is 80.8 cm³/mol. The van der Waals surface area contributed by atoms with Gasteiger partial charge in [0.25, 0.3) is 0 Å². The molecular weight excluding hydrogens is 272 g/mol. The summed E-state index contributed by atoms with van der Waals surface area (Å²) in [6.07, 6.45) is 8.44. The lowest BCUT2D eigenvalue weighted by Gasteiger charge is -2.20. The summed E-state index contributed by atoms with van der Waals surface area (Å²) in [5.41, 5.74) is 0. The average molecular weight is 302 g/mol. The van der Waals surface area contributed by atoms with Crippen LogP contribution in [0.3, 0.4) is 0 Å². The van der Waals surface area contributed by atoms with Crippen LogP contribution in [0.4, 0.5) is 0 Å². The smallest absolute Gasteiger partial charge is 0.117 e. The van der Waals surface area contributed by atoms with E-state index in [0.717, 1.165) is 12.8 Å². The maximum absolute atomic E-state index is 9.81. The quantitative estimate of drug-likeness (QED) is 0.400. The molecule has 0 aromatic rings. The van der Waals surface area contributed by atoms with Gasteiger partial charge in [0, 0.05) is 0 Å². The van der Waals surface area contributed by atoms with E-state index in [1.54, 1.807) is 6.26 Å². The Labute approximate surface area is 127 Å². The summed E-state index contributed by atoms with van der Waals surface area (Å²) in [6.45, 7) is 2.32. The van der Waals surface area contributed by atoms with Crippen LogP contribution in [-0.2, 0) is 9.47 Å². The molecule has 1 heterocycles. The van der Waals surface area contributed by atoms with E-state index < -0.39 is 24.4 Å². The lowest BCUT2D eigenvalue weighted by molar-refractivity contribution is -0.0703. The molecule has 0 amide bonds. The third kappa shape index (κ3) is 7.27. The first-order valence-corrected chi connectivity index (χ1v) is 8.09. The van der Waals surface area contributed by atoms with Crippen molar-refractivity contribution < 1.29 is 24.8 Å². The fourth-order valence-corrected chi connectivity index (χ4v) is 2.39. The largest absolute Gasteiger partial charge is 0.499 e. The summed E-state index contributed by atoms with van der Waals surface area (Å²) in [4.78, 5) is 0. The Hall–Kier alpha value is -0.620. The number of hydrogen-bond acceptors (Lipinski definition) is 5. The molecule has 1 rings (SSSR count). The number of ether oxygens (including phenoxy) is 2. The van der Waals surface area contributed by atoms with E-state index in [2.05, 4.69) is 6.92 Å². The highest BCUT2D eigenvalue weighted by atomic mass is 16.5. The number of unbranched alkanes of at least 4 members (excludes halogenated alkanes) is 6. The molecule has 21 heavy (non-hydrogen) atoms. The zero-order chi connectivity index (χ0) is 15.5. The van der Waals surface area contributed by atoms with Gasteiger partial charge in [0.05, 0.1) is 12.9 Å². The van der Waals surface area contributed by atoms with Crippen molar-refractivity contribution in [1.29, 1.82) is 0 Å². The second-order valence-electron chi connectivity index (χ2n) is 5.68. The molecule has 0 unspecified atom stereocenters. The minimum atomic E-state index is -1.05. The summed E-state index contributed by atoms with van der Waals surface area (Å²) >= 11 is 0. The van der Waals surface area contributed by atoms with E-state index in [-0.39, 0.29) is 13.2 Å². The van der Waals surface area contributed by atoms with Crippen LogP contribution in [0.5, 0.6) is 0 Å². The van der Waals surface area contributed by atoms with Gasteiger partial charge in [-0.2, -0.15) is 0 Å². The molecule has 1 saturated heterocycles. The summed E-state index contributed by atoms with van der Waals surface area (Å²) in [7, 11) is 0. The van der Waals surface area contributed by atoms with E-state index in [9.17, 15) is 15.3 Å². The SMILES string of the molecule is CCCCCCCC/C=C/OC[C@@H](O)[C@@H]1OC[C@H](O)[C@@H]1O. The first-order chi connectivity index (χ1) is 10.2. The average Bonchev–Trinajstić information content (AvgIpc) is 2.81. The summed E-state index contributed by atoms with van der Waals surface area (Å²) in [5.74, 6) is 0. The molecule has 1 aliphatic heterocycles. The Morgan fingerprint density at radius 3 is 2.57 bits per heavy atom. The fourth-order valence-electron chi connectivity index (χ4n) is 2.39. The van der Waals surface area contributed by atoms with Crippen molar-refractivity contribution in [3.05, 3.63) is 12.3 Å². The second-order valence-corrected chi connectivity index (χ2v) is 5.68. The molecule has 0 radical (unpaired) electrons. The highest BCUT2D eigenvalue weighted by Gasteiger charge is 2.39. The number of rotatable bonds is 11. The normalized spacial score (nSPS) is 27.3. The molecule has 0 saturated carbocycles. The zero-order valence-corrected chi connectivity index (χ0v) is 13.0. The first-order valence-electron chi connectivity index (χ1n) is 8.09. The standard InChI is InChI=1S/C16H30O5/c1-2-3-4-5-6-7-8-9-10-20-11-14(18)16-15(19)13(17)12-21-16/h9-10,13-19H,2-8,11-12H2,1H3/b10-9+/t13-,14+,15-,16-/m0/s1. The van der Waals surface area contributed by atoms with Gasteiger partial charge in [-0.25, -0.2) is 0 Å². The molecule has 4 atom stereocenters. The molecule has 3 N–H and O–H groups in total. The zero-order valence-electron chi connectivity index (χ0n) is 13.0. The van der Waals surface area contributed by atoms with Crippen LogP contribution in [0, 0.1) is 0 Å². The molecule has 0 bridgehead atoms. The van der Waals surface area contributed by atoms with Gasteiger partial charge in [0.15, 0.2) is 0 Å². The highest BCUT2D eigenvalue weighted by molar-refractivity contribution is 4.88. The van der Waals surface area contributed by atoms with Crippen LogP contribution < -0.4 is 0 Å². The Morgan fingerprint density at radius 1 is 1.19 bits per heavy atom. The molecule has 1 aliphatic rings. The molecule has 5 nitrogen and oxygen atoms in total. The van der Waals surface area contributed by atoms with Gasteiger partial charge in [0.1, 0.15) is 31.0 Å². The lowest BCUT2D eigenvalue weighted by atomic mass is 10.1. The van der Waals surface area contributed by atoms with Crippen molar-refractivity contribution in [2.45, 2.75) is 76.3 Å². The van der Waals surface area contributed by atoms with Gasteiger partial charge in [-0.15, -0.1) is 0 Å². The Balaban J connectivity index is 1.99. The van der Waals surface area contributed by atoms with E-state index in [1.165, 1.54) is 32.1 Å². The molecule has 1 fully saturated rings. The summed E-state index contributed by atoms with van der Waals surface area (Å²) < 4.78 is 10.4. The van der Waals surface area contributed by atoms with Gasteiger partial charge >= 0.3 is 0 Å². The fraction of sp³-hybridized carbons (Fsp3) is 0.875. The van der Waals surface area contributed by atoms with Gasteiger partial charge < -0.3 is 24.8 Å². The van der Waals surface area contributed by atoms with Gasteiger partial charge in [-0.1, -0.05) is 39.0 Å². The maximum Gasteiger partial charge on any atom is 0.117 e. The molecular formula is C16H30O5. The Bertz CT molecular complexity index is 282. The van der Waals surface area contributed by atoms with Crippen LogP contribution in [0.25, 0.3) is 0 Å². The molecule has 124 valence electrons. The number of aliphatic hydroxyl groups excluding tert-OH is 3. The molecule has 0 spiro atoms. The summed E-state index contributed by atoms with van der Waals surface area (Å²) in [5, 5.41) is 28.7. The van der Waals surface area contributed by atoms with Gasteiger partial charge in [-0.05, 0) is 18.9 Å². The van der Waals surface area contributed by atoms with Crippen molar-refractivity contribution in [3.8, 4) is 0 Å². The van der Waals surface area contributed by atoms with Crippen molar-refractivity contribution in [3.63, 3.8) is 0 Å². The lowest BCUT2D eigenvalue weighted by Crippen LogP contribution is -2.40. The third-order valence-corrected chi connectivity index (χ3v) is 3.75. The minimum absolute atomic E-state index is 0.0523. The van der Waals surface area contributed by atoms with Crippen molar-refractivity contribution >= 4 is 0 Å². The Kier molecular flexibility index (Phi) is 9.67. The maximum atomic E-state index is 9.81. The van der Waals surface area contributed by atoms with Crippen LogP contribution in [-0.4, -0.2) is 52.9 Å². The monoisotopic (exact) mass is 302 g/mol.